The molecule has 4 rings (SSSR count). The minimum atomic E-state index is -1.56. The highest BCUT2D eigenvalue weighted by molar-refractivity contribution is 6.14. The van der Waals surface area contributed by atoms with Gasteiger partial charge in [0, 0.05) is 25.7 Å². The average molecular weight is 590 g/mol. The minimum Gasteiger partial charge on any atom is -0.457 e. The molecule has 2 amide bonds. The summed E-state index contributed by atoms with van der Waals surface area (Å²) < 4.78 is 17.1. The van der Waals surface area contributed by atoms with Crippen molar-refractivity contribution in [2.45, 2.75) is 89.9 Å². The Morgan fingerprint density at radius 1 is 0.930 bits per heavy atom. The number of imide groups is 1. The summed E-state index contributed by atoms with van der Waals surface area (Å²) in [6.07, 6.45) is 6.08. The maximum atomic E-state index is 13.7. The summed E-state index contributed by atoms with van der Waals surface area (Å²) in [5.74, 6) is -0.705. The number of ketones is 1. The number of amides is 2. The predicted octanol–water partition coefficient (Wildman–Crippen LogP) is 7.22. The van der Waals surface area contributed by atoms with Gasteiger partial charge < -0.3 is 19.0 Å². The number of nitrogens with zero attached hydrogens (tertiary/aromatic N) is 1. The lowest BCUT2D eigenvalue weighted by Crippen LogP contribution is -2.47. The van der Waals surface area contributed by atoms with Crippen LogP contribution in [-0.4, -0.2) is 53.7 Å². The molecule has 1 aromatic heterocycles. The Kier molecular flexibility index (Phi) is 11.7. The summed E-state index contributed by atoms with van der Waals surface area (Å²) in [5, 5.41) is 8.92. The quantitative estimate of drug-likeness (QED) is 0.107. The Labute approximate surface area is 254 Å². The first-order valence-electron chi connectivity index (χ1n) is 15.3. The number of rotatable bonds is 16. The zero-order chi connectivity index (χ0) is 30.8. The number of carbonyl (C=O) groups excluding carboxylic acids is 3. The van der Waals surface area contributed by atoms with Crippen LogP contribution in [0.2, 0.25) is 0 Å². The first-order valence-corrected chi connectivity index (χ1v) is 15.3. The molecule has 0 bridgehead atoms. The first-order chi connectivity index (χ1) is 20.8. The lowest BCUT2D eigenvalue weighted by atomic mass is 10.00. The van der Waals surface area contributed by atoms with Crippen LogP contribution < -0.4 is 0 Å². The molecule has 43 heavy (non-hydrogen) atoms. The Balaban J connectivity index is 1.48. The lowest BCUT2D eigenvalue weighted by Gasteiger charge is -2.22. The summed E-state index contributed by atoms with van der Waals surface area (Å²) in [5.41, 5.74) is 3.60. The van der Waals surface area contributed by atoms with E-state index in [-0.39, 0.29) is 12.4 Å². The van der Waals surface area contributed by atoms with E-state index in [0.29, 0.717) is 12.2 Å². The maximum Gasteiger partial charge on any atom is 0.417 e. The van der Waals surface area contributed by atoms with E-state index in [2.05, 4.69) is 0 Å². The summed E-state index contributed by atoms with van der Waals surface area (Å²) in [7, 11) is 1.27. The molecular weight excluding hydrogens is 546 g/mol. The predicted molar refractivity (Wildman–Crippen MR) is 164 cm³/mol. The van der Waals surface area contributed by atoms with E-state index in [4.69, 9.17) is 19.0 Å². The molecule has 1 aliphatic heterocycles. The molecule has 1 fully saturated rings. The number of cyclic esters (lactones) is 1. The van der Waals surface area contributed by atoms with E-state index in [9.17, 15) is 14.4 Å². The summed E-state index contributed by atoms with van der Waals surface area (Å²) in [6, 6.07) is 18.2. The number of ether oxygens (including phenoxy) is 2. The van der Waals surface area contributed by atoms with Crippen LogP contribution in [0, 0.1) is 6.92 Å². The standard InChI is InChI=1S/C35H43NO7/c1-24-16-15-19-27(22-24)28-23-30(42-29(28)20-13-8-6-4-5-7-9-14-21-37)31(38)33(41-3)34(39)36-25(2)32(43-35(36)40)26-17-11-10-12-18-26/h10-12,15-19,22-23,25,32-33,37H,4-9,13-14,20-21H2,1-3H3. The van der Waals surface area contributed by atoms with Gasteiger partial charge in [-0.15, -0.1) is 0 Å². The van der Waals surface area contributed by atoms with E-state index in [1.54, 1.807) is 13.0 Å². The van der Waals surface area contributed by atoms with E-state index in [1.165, 1.54) is 7.11 Å². The second kappa shape index (κ2) is 15.6. The second-order valence-corrected chi connectivity index (χ2v) is 11.3. The van der Waals surface area contributed by atoms with Crippen LogP contribution >= 0.6 is 0 Å². The van der Waals surface area contributed by atoms with E-state index >= 15 is 0 Å². The SMILES string of the molecule is COC(C(=O)c1cc(-c2cccc(C)c2)c(CCCCCCCCCCO)o1)C(=O)N1C(=O)OC(c2ccccc2)C1C. The second-order valence-electron chi connectivity index (χ2n) is 11.3. The van der Waals surface area contributed by atoms with Crippen molar-refractivity contribution in [2.75, 3.05) is 13.7 Å². The zero-order valence-electron chi connectivity index (χ0n) is 25.4. The topological polar surface area (TPSA) is 106 Å². The molecule has 3 aromatic rings. The number of methoxy groups -OCH3 is 1. The van der Waals surface area contributed by atoms with Gasteiger partial charge in [-0.05, 0) is 43.9 Å². The fourth-order valence-electron chi connectivity index (χ4n) is 5.67. The van der Waals surface area contributed by atoms with E-state index in [0.717, 1.165) is 78.5 Å². The highest BCUT2D eigenvalue weighted by Crippen LogP contribution is 2.34. The third kappa shape index (κ3) is 8.00. The van der Waals surface area contributed by atoms with Gasteiger partial charge in [0.05, 0.1) is 6.04 Å². The van der Waals surface area contributed by atoms with Crippen LogP contribution in [0.25, 0.3) is 11.1 Å². The van der Waals surface area contributed by atoms with Crippen LogP contribution in [0.5, 0.6) is 0 Å². The molecule has 0 radical (unpaired) electrons. The van der Waals surface area contributed by atoms with Gasteiger partial charge in [-0.1, -0.05) is 98.7 Å². The van der Waals surface area contributed by atoms with Gasteiger partial charge in [0.2, 0.25) is 11.9 Å². The fraction of sp³-hybridized carbons (Fsp3) is 0.457. The molecule has 0 saturated carbocycles. The molecule has 1 saturated heterocycles. The normalized spacial score (nSPS) is 17.2. The molecular formula is C35H43NO7. The Bertz CT molecular complexity index is 1370. The number of hydrogen-bond acceptors (Lipinski definition) is 7. The molecule has 2 aromatic carbocycles. The van der Waals surface area contributed by atoms with Gasteiger partial charge in [-0.25, -0.2) is 9.69 Å². The van der Waals surface area contributed by atoms with Crippen LogP contribution in [0.15, 0.2) is 65.1 Å². The molecule has 1 N–H and O–H groups in total. The van der Waals surface area contributed by atoms with Crippen LogP contribution in [-0.2, 0) is 20.7 Å². The van der Waals surface area contributed by atoms with Crippen LogP contribution in [0.1, 0.15) is 91.8 Å². The Morgan fingerprint density at radius 2 is 1.60 bits per heavy atom. The molecule has 3 unspecified atom stereocenters. The molecule has 3 atom stereocenters. The molecule has 0 spiro atoms. The summed E-state index contributed by atoms with van der Waals surface area (Å²) >= 11 is 0. The van der Waals surface area contributed by atoms with E-state index in [1.807, 2.05) is 61.5 Å². The van der Waals surface area contributed by atoms with Crippen molar-refractivity contribution in [3.8, 4) is 11.1 Å². The van der Waals surface area contributed by atoms with Gasteiger partial charge in [-0.3, -0.25) is 9.59 Å². The van der Waals surface area contributed by atoms with Crippen molar-refractivity contribution >= 4 is 17.8 Å². The number of hydrogen-bond donors (Lipinski definition) is 1. The first kappa shape index (κ1) is 32.2. The van der Waals surface area contributed by atoms with Gasteiger partial charge in [0.25, 0.3) is 5.91 Å². The number of Topliss-reactive ketones (excluding diaryl/α,β-unsaturated/α-hetero) is 1. The molecule has 1 aliphatic rings. The van der Waals surface area contributed by atoms with Crippen molar-refractivity contribution in [1.82, 2.24) is 4.90 Å². The van der Waals surface area contributed by atoms with Crippen molar-refractivity contribution in [3.63, 3.8) is 0 Å². The Hall–Kier alpha value is -3.75. The van der Waals surface area contributed by atoms with Crippen molar-refractivity contribution in [3.05, 3.63) is 83.3 Å². The Morgan fingerprint density at radius 3 is 2.26 bits per heavy atom. The fourth-order valence-corrected chi connectivity index (χ4v) is 5.67. The number of aliphatic hydroxyl groups is 1. The smallest absolute Gasteiger partial charge is 0.417 e. The summed E-state index contributed by atoms with van der Waals surface area (Å²) in [6.45, 7) is 3.98. The van der Waals surface area contributed by atoms with Crippen molar-refractivity contribution in [2.24, 2.45) is 0 Å². The zero-order valence-corrected chi connectivity index (χ0v) is 25.4. The van der Waals surface area contributed by atoms with Gasteiger partial charge in [-0.2, -0.15) is 0 Å². The number of carbonyl (C=O) groups is 3. The number of unbranched alkanes of at least 4 members (excludes halogenated alkanes) is 7. The highest BCUT2D eigenvalue weighted by atomic mass is 16.6. The minimum absolute atomic E-state index is 0.0235. The molecule has 2 heterocycles. The number of aryl methyl sites for hydroxylation is 2. The van der Waals surface area contributed by atoms with Crippen molar-refractivity contribution in [1.29, 1.82) is 0 Å². The molecule has 8 nitrogen and oxygen atoms in total. The van der Waals surface area contributed by atoms with Gasteiger partial charge in [0.15, 0.2) is 5.76 Å². The average Bonchev–Trinajstić information content (AvgIpc) is 3.57. The third-order valence-corrected chi connectivity index (χ3v) is 8.03. The number of furan rings is 1. The van der Waals surface area contributed by atoms with Crippen LogP contribution in [0.3, 0.4) is 0 Å². The third-order valence-electron chi connectivity index (χ3n) is 8.03. The van der Waals surface area contributed by atoms with Crippen molar-refractivity contribution < 1.29 is 33.4 Å². The van der Waals surface area contributed by atoms with Gasteiger partial charge in [0.1, 0.15) is 11.9 Å². The number of aliphatic hydroxyl groups excluding tert-OH is 1. The van der Waals surface area contributed by atoms with Crippen LogP contribution in [0.4, 0.5) is 4.79 Å². The summed E-state index contributed by atoms with van der Waals surface area (Å²) in [4.78, 5) is 41.0. The lowest BCUT2D eigenvalue weighted by molar-refractivity contribution is -0.137. The maximum absolute atomic E-state index is 13.7. The molecule has 0 aliphatic carbocycles. The van der Waals surface area contributed by atoms with Gasteiger partial charge >= 0.3 is 6.09 Å². The largest absolute Gasteiger partial charge is 0.457 e. The van der Waals surface area contributed by atoms with E-state index < -0.39 is 36.0 Å². The monoisotopic (exact) mass is 589 g/mol. The molecule has 230 valence electrons. The molecule has 8 heteroatoms. The highest BCUT2D eigenvalue weighted by Gasteiger charge is 2.47. The number of benzene rings is 2.